The van der Waals surface area contributed by atoms with Crippen molar-refractivity contribution in [2.24, 2.45) is 5.92 Å². The summed E-state index contributed by atoms with van der Waals surface area (Å²) < 4.78 is 0. The SMILES string of the molecule is CC(NCCC1CCC1)C(=O)Nc1ccccc1. The normalized spacial score (nSPS) is 16.9. The average molecular weight is 246 g/mol. The van der Waals surface area contributed by atoms with Gasteiger partial charge in [0.1, 0.15) is 0 Å². The van der Waals surface area contributed by atoms with E-state index in [2.05, 4.69) is 10.6 Å². The Balaban J connectivity index is 1.67. The van der Waals surface area contributed by atoms with Gasteiger partial charge in [0.2, 0.25) is 5.91 Å². The van der Waals surface area contributed by atoms with Crippen molar-refractivity contribution < 1.29 is 4.79 Å². The molecule has 98 valence electrons. The lowest BCUT2D eigenvalue weighted by Crippen LogP contribution is -2.39. The molecule has 0 aliphatic heterocycles. The first-order valence-electron chi connectivity index (χ1n) is 6.85. The highest BCUT2D eigenvalue weighted by Crippen LogP contribution is 2.28. The van der Waals surface area contributed by atoms with Crippen LogP contribution >= 0.6 is 0 Å². The smallest absolute Gasteiger partial charge is 0.241 e. The Hall–Kier alpha value is -1.35. The van der Waals surface area contributed by atoms with Crippen molar-refractivity contribution in [3.8, 4) is 0 Å². The molecule has 1 aromatic rings. The Morgan fingerprint density at radius 2 is 2.06 bits per heavy atom. The van der Waals surface area contributed by atoms with E-state index in [9.17, 15) is 4.79 Å². The second-order valence-corrected chi connectivity index (χ2v) is 5.12. The summed E-state index contributed by atoms with van der Waals surface area (Å²) in [5, 5.41) is 6.20. The number of carbonyl (C=O) groups excluding carboxylic acids is 1. The molecule has 2 N–H and O–H groups in total. The van der Waals surface area contributed by atoms with E-state index in [1.165, 1.54) is 25.7 Å². The van der Waals surface area contributed by atoms with Crippen molar-refractivity contribution in [3.63, 3.8) is 0 Å². The van der Waals surface area contributed by atoms with E-state index in [1.807, 2.05) is 37.3 Å². The molecular formula is C15H22N2O. The maximum absolute atomic E-state index is 11.9. The Morgan fingerprint density at radius 1 is 1.33 bits per heavy atom. The number of amides is 1. The van der Waals surface area contributed by atoms with E-state index in [0.29, 0.717) is 0 Å². The van der Waals surface area contributed by atoms with Gasteiger partial charge in [-0.3, -0.25) is 4.79 Å². The quantitative estimate of drug-likeness (QED) is 0.810. The zero-order valence-corrected chi connectivity index (χ0v) is 11.0. The summed E-state index contributed by atoms with van der Waals surface area (Å²) in [6.07, 6.45) is 5.32. The van der Waals surface area contributed by atoms with Gasteiger partial charge < -0.3 is 10.6 Å². The number of hydrogen-bond donors (Lipinski definition) is 2. The van der Waals surface area contributed by atoms with Crippen LogP contribution in [-0.2, 0) is 4.79 Å². The molecular weight excluding hydrogens is 224 g/mol. The molecule has 1 aliphatic rings. The van der Waals surface area contributed by atoms with Crippen molar-refractivity contribution in [2.75, 3.05) is 11.9 Å². The first-order valence-corrected chi connectivity index (χ1v) is 6.85. The van der Waals surface area contributed by atoms with Crippen molar-refractivity contribution in [1.82, 2.24) is 5.32 Å². The maximum atomic E-state index is 11.9. The Labute approximate surface area is 109 Å². The van der Waals surface area contributed by atoms with Crippen LogP contribution in [0.5, 0.6) is 0 Å². The monoisotopic (exact) mass is 246 g/mol. The molecule has 1 unspecified atom stereocenters. The molecule has 0 spiro atoms. The number of hydrogen-bond acceptors (Lipinski definition) is 2. The van der Waals surface area contributed by atoms with Crippen LogP contribution < -0.4 is 10.6 Å². The second kappa shape index (κ2) is 6.55. The number of anilines is 1. The molecule has 0 radical (unpaired) electrons. The van der Waals surface area contributed by atoms with E-state index in [-0.39, 0.29) is 11.9 Å². The summed E-state index contributed by atoms with van der Waals surface area (Å²) in [6, 6.07) is 9.45. The zero-order valence-electron chi connectivity index (χ0n) is 11.0. The third kappa shape index (κ3) is 3.84. The van der Waals surface area contributed by atoms with E-state index in [1.54, 1.807) is 0 Å². The molecule has 3 nitrogen and oxygen atoms in total. The lowest BCUT2D eigenvalue weighted by atomic mass is 9.83. The van der Waals surface area contributed by atoms with Crippen LogP contribution in [-0.4, -0.2) is 18.5 Å². The molecule has 3 heteroatoms. The Morgan fingerprint density at radius 3 is 2.67 bits per heavy atom. The molecule has 18 heavy (non-hydrogen) atoms. The number of para-hydroxylation sites is 1. The summed E-state index contributed by atoms with van der Waals surface area (Å²) in [7, 11) is 0. The number of nitrogens with one attached hydrogen (secondary N) is 2. The highest BCUT2D eigenvalue weighted by molar-refractivity contribution is 5.94. The van der Waals surface area contributed by atoms with Crippen LogP contribution in [0.4, 0.5) is 5.69 Å². The van der Waals surface area contributed by atoms with Crippen LogP contribution in [0, 0.1) is 5.92 Å². The predicted molar refractivity (Wildman–Crippen MR) is 74.5 cm³/mol. The van der Waals surface area contributed by atoms with Gasteiger partial charge in [-0.1, -0.05) is 37.5 Å². The van der Waals surface area contributed by atoms with Crippen molar-refractivity contribution >= 4 is 11.6 Å². The van der Waals surface area contributed by atoms with Crippen molar-refractivity contribution in [1.29, 1.82) is 0 Å². The Bertz CT molecular complexity index is 373. The van der Waals surface area contributed by atoms with Crippen LogP contribution in [0.3, 0.4) is 0 Å². The lowest BCUT2D eigenvalue weighted by Gasteiger charge is -2.25. The topological polar surface area (TPSA) is 41.1 Å². The molecule has 1 atom stereocenters. The third-order valence-electron chi connectivity index (χ3n) is 3.66. The highest BCUT2D eigenvalue weighted by Gasteiger charge is 2.18. The first kappa shape index (κ1) is 13.1. The molecule has 1 amide bonds. The van der Waals surface area contributed by atoms with Gasteiger partial charge in [-0.2, -0.15) is 0 Å². The van der Waals surface area contributed by atoms with Crippen LogP contribution in [0.2, 0.25) is 0 Å². The third-order valence-corrected chi connectivity index (χ3v) is 3.66. The van der Waals surface area contributed by atoms with E-state index >= 15 is 0 Å². The maximum Gasteiger partial charge on any atom is 0.241 e. The van der Waals surface area contributed by atoms with Gasteiger partial charge >= 0.3 is 0 Å². The second-order valence-electron chi connectivity index (χ2n) is 5.12. The number of carbonyl (C=O) groups is 1. The molecule has 0 heterocycles. The number of benzene rings is 1. The summed E-state index contributed by atoms with van der Waals surface area (Å²) in [6.45, 7) is 2.85. The van der Waals surface area contributed by atoms with Gasteiger partial charge in [-0.05, 0) is 37.9 Å². The van der Waals surface area contributed by atoms with Gasteiger partial charge in [-0.25, -0.2) is 0 Å². The number of rotatable bonds is 6. The Kier molecular flexibility index (Phi) is 4.76. The molecule has 1 saturated carbocycles. The zero-order chi connectivity index (χ0) is 12.8. The molecule has 2 rings (SSSR count). The predicted octanol–water partition coefficient (Wildman–Crippen LogP) is 2.79. The van der Waals surface area contributed by atoms with Crippen LogP contribution in [0.1, 0.15) is 32.6 Å². The average Bonchev–Trinajstić information content (AvgIpc) is 2.33. The lowest BCUT2D eigenvalue weighted by molar-refractivity contribution is -0.117. The van der Waals surface area contributed by atoms with Gasteiger partial charge in [0, 0.05) is 5.69 Å². The summed E-state index contributed by atoms with van der Waals surface area (Å²) in [5.41, 5.74) is 0.857. The van der Waals surface area contributed by atoms with Crippen LogP contribution in [0.15, 0.2) is 30.3 Å². The van der Waals surface area contributed by atoms with Crippen LogP contribution in [0.25, 0.3) is 0 Å². The summed E-state index contributed by atoms with van der Waals surface area (Å²) >= 11 is 0. The minimum Gasteiger partial charge on any atom is -0.325 e. The first-order chi connectivity index (χ1) is 8.75. The van der Waals surface area contributed by atoms with E-state index in [0.717, 1.165) is 18.2 Å². The molecule has 0 aromatic heterocycles. The van der Waals surface area contributed by atoms with Crippen molar-refractivity contribution in [3.05, 3.63) is 30.3 Å². The summed E-state index contributed by atoms with van der Waals surface area (Å²) in [4.78, 5) is 11.9. The minimum atomic E-state index is -0.134. The van der Waals surface area contributed by atoms with Gasteiger partial charge in [-0.15, -0.1) is 0 Å². The molecule has 0 saturated heterocycles. The molecule has 1 fully saturated rings. The molecule has 1 aliphatic carbocycles. The highest BCUT2D eigenvalue weighted by atomic mass is 16.2. The fourth-order valence-corrected chi connectivity index (χ4v) is 2.15. The van der Waals surface area contributed by atoms with Gasteiger partial charge in [0.15, 0.2) is 0 Å². The molecule has 0 bridgehead atoms. The largest absolute Gasteiger partial charge is 0.325 e. The van der Waals surface area contributed by atoms with Crippen molar-refractivity contribution in [2.45, 2.75) is 38.6 Å². The molecule has 1 aromatic carbocycles. The fourth-order valence-electron chi connectivity index (χ4n) is 2.15. The minimum absolute atomic E-state index is 0.0369. The van der Waals surface area contributed by atoms with E-state index < -0.39 is 0 Å². The van der Waals surface area contributed by atoms with Gasteiger partial charge in [0.25, 0.3) is 0 Å². The fraction of sp³-hybridized carbons (Fsp3) is 0.533. The van der Waals surface area contributed by atoms with E-state index in [4.69, 9.17) is 0 Å². The van der Waals surface area contributed by atoms with Gasteiger partial charge in [0.05, 0.1) is 6.04 Å². The standard InChI is InChI=1S/C15H22N2O/c1-12(16-11-10-13-6-5-7-13)15(18)17-14-8-3-2-4-9-14/h2-4,8-9,12-13,16H,5-7,10-11H2,1H3,(H,17,18). The summed E-state index contributed by atoms with van der Waals surface area (Å²) in [5.74, 6) is 0.927.